The lowest BCUT2D eigenvalue weighted by atomic mass is 10.1. The highest BCUT2D eigenvalue weighted by Crippen LogP contribution is 2.36. The van der Waals surface area contributed by atoms with Crippen LogP contribution in [-0.2, 0) is 4.74 Å². The molecular formula is C16H17NO2. The first-order valence-electron chi connectivity index (χ1n) is 6.63. The van der Waals surface area contributed by atoms with Crippen molar-refractivity contribution < 1.29 is 9.53 Å². The van der Waals surface area contributed by atoms with Gasteiger partial charge in [0.1, 0.15) is 0 Å². The third kappa shape index (κ3) is 2.00. The van der Waals surface area contributed by atoms with Gasteiger partial charge in [-0.3, -0.25) is 4.79 Å². The predicted molar refractivity (Wildman–Crippen MR) is 76.7 cm³/mol. The third-order valence-corrected chi connectivity index (χ3v) is 3.42. The van der Waals surface area contributed by atoms with Crippen molar-refractivity contribution in [2.75, 3.05) is 18.1 Å². The average Bonchev–Trinajstić information content (AvgIpc) is 2.67. The lowest BCUT2D eigenvalue weighted by Crippen LogP contribution is -2.31. The molecule has 3 rings (SSSR count). The number of anilines is 1. The Balaban J connectivity index is 1.94. The lowest BCUT2D eigenvalue weighted by molar-refractivity contribution is 0.0797. The number of benzene rings is 2. The summed E-state index contributed by atoms with van der Waals surface area (Å²) >= 11 is 0. The van der Waals surface area contributed by atoms with Gasteiger partial charge in [0, 0.05) is 17.5 Å². The van der Waals surface area contributed by atoms with Crippen LogP contribution >= 0.6 is 0 Å². The number of nitrogens with zero attached hydrogens (tertiary/aromatic N) is 1. The van der Waals surface area contributed by atoms with Gasteiger partial charge in [0.2, 0.25) is 0 Å². The zero-order valence-electron chi connectivity index (χ0n) is 11.2. The average molecular weight is 255 g/mol. The summed E-state index contributed by atoms with van der Waals surface area (Å²) in [5, 5.41) is 2.19. The first-order valence-corrected chi connectivity index (χ1v) is 6.63. The maximum atomic E-state index is 12.4. The molecule has 0 fully saturated rings. The smallest absolute Gasteiger partial charge is 0.259 e. The molecule has 1 heterocycles. The summed E-state index contributed by atoms with van der Waals surface area (Å²) in [6.07, 6.45) is 0.191. The summed E-state index contributed by atoms with van der Waals surface area (Å²) in [5.41, 5.74) is 1.81. The van der Waals surface area contributed by atoms with Crippen molar-refractivity contribution in [3.05, 3.63) is 42.0 Å². The molecule has 0 N–H and O–H groups in total. The zero-order chi connectivity index (χ0) is 13.4. The van der Waals surface area contributed by atoms with Crippen molar-refractivity contribution in [1.82, 2.24) is 0 Å². The Labute approximate surface area is 112 Å². The summed E-state index contributed by atoms with van der Waals surface area (Å²) < 4.78 is 5.55. The van der Waals surface area contributed by atoms with Crippen molar-refractivity contribution in [2.24, 2.45) is 0 Å². The Morgan fingerprint density at radius 3 is 2.63 bits per heavy atom. The predicted octanol–water partition coefficient (Wildman–Crippen LogP) is 3.23. The molecule has 0 saturated heterocycles. The Morgan fingerprint density at radius 2 is 1.89 bits per heavy atom. The standard InChI is InChI=1S/C16H17NO2/c1-11(2)19-10-9-17-14-8-4-6-12-5-3-7-13(15(12)14)16(17)18/h3-8,11H,9-10H2,1-2H3. The van der Waals surface area contributed by atoms with Crippen molar-refractivity contribution in [3.8, 4) is 0 Å². The summed E-state index contributed by atoms with van der Waals surface area (Å²) in [6.45, 7) is 5.17. The molecule has 3 heteroatoms. The van der Waals surface area contributed by atoms with Gasteiger partial charge in [-0.05, 0) is 31.4 Å². The second kappa shape index (κ2) is 4.67. The van der Waals surface area contributed by atoms with Crippen LogP contribution in [0.1, 0.15) is 24.2 Å². The first kappa shape index (κ1) is 12.2. The summed E-state index contributed by atoms with van der Waals surface area (Å²) in [7, 11) is 0. The quantitative estimate of drug-likeness (QED) is 0.839. The minimum atomic E-state index is 0.0826. The summed E-state index contributed by atoms with van der Waals surface area (Å²) in [5.74, 6) is 0.0826. The molecule has 0 unspecified atom stereocenters. The number of rotatable bonds is 4. The van der Waals surface area contributed by atoms with E-state index in [1.807, 2.05) is 55.1 Å². The third-order valence-electron chi connectivity index (χ3n) is 3.42. The Hall–Kier alpha value is -1.87. The van der Waals surface area contributed by atoms with Crippen LogP contribution in [0.5, 0.6) is 0 Å². The van der Waals surface area contributed by atoms with Gasteiger partial charge in [-0.2, -0.15) is 0 Å². The maximum Gasteiger partial charge on any atom is 0.259 e. The Morgan fingerprint density at radius 1 is 1.16 bits per heavy atom. The van der Waals surface area contributed by atoms with E-state index >= 15 is 0 Å². The normalized spacial score (nSPS) is 13.8. The summed E-state index contributed by atoms with van der Waals surface area (Å²) in [4.78, 5) is 14.2. The molecule has 0 bridgehead atoms. The van der Waals surface area contributed by atoms with Gasteiger partial charge >= 0.3 is 0 Å². The van der Waals surface area contributed by atoms with E-state index < -0.39 is 0 Å². The molecule has 0 atom stereocenters. The van der Waals surface area contributed by atoms with Crippen LogP contribution in [0.25, 0.3) is 10.8 Å². The second-order valence-electron chi connectivity index (χ2n) is 5.06. The van der Waals surface area contributed by atoms with Gasteiger partial charge in [-0.1, -0.05) is 24.3 Å². The highest BCUT2D eigenvalue weighted by molar-refractivity contribution is 6.24. The molecule has 1 aliphatic heterocycles. The molecule has 98 valence electrons. The van der Waals surface area contributed by atoms with E-state index in [0.717, 1.165) is 22.0 Å². The van der Waals surface area contributed by atoms with Crippen molar-refractivity contribution >= 4 is 22.4 Å². The minimum absolute atomic E-state index is 0.0826. The van der Waals surface area contributed by atoms with Crippen LogP contribution in [0, 0.1) is 0 Å². The molecule has 0 aliphatic carbocycles. The van der Waals surface area contributed by atoms with E-state index in [-0.39, 0.29) is 12.0 Å². The number of hydrogen-bond donors (Lipinski definition) is 0. The number of hydrogen-bond acceptors (Lipinski definition) is 2. The molecule has 0 radical (unpaired) electrons. The van der Waals surface area contributed by atoms with Gasteiger partial charge in [-0.25, -0.2) is 0 Å². The molecule has 19 heavy (non-hydrogen) atoms. The van der Waals surface area contributed by atoms with Crippen LogP contribution in [0.4, 0.5) is 5.69 Å². The van der Waals surface area contributed by atoms with E-state index in [4.69, 9.17) is 4.74 Å². The Bertz CT molecular complexity index is 628. The van der Waals surface area contributed by atoms with E-state index in [1.54, 1.807) is 0 Å². The van der Waals surface area contributed by atoms with Gasteiger partial charge < -0.3 is 9.64 Å². The fourth-order valence-electron chi connectivity index (χ4n) is 2.58. The first-order chi connectivity index (χ1) is 9.18. The van der Waals surface area contributed by atoms with Gasteiger partial charge in [0.25, 0.3) is 5.91 Å². The van der Waals surface area contributed by atoms with Crippen LogP contribution in [-0.4, -0.2) is 25.2 Å². The van der Waals surface area contributed by atoms with Gasteiger partial charge in [0.05, 0.1) is 18.4 Å². The molecule has 1 aliphatic rings. The molecule has 0 spiro atoms. The zero-order valence-corrected chi connectivity index (χ0v) is 11.2. The number of carbonyl (C=O) groups excluding carboxylic acids is 1. The Kier molecular flexibility index (Phi) is 2.99. The second-order valence-corrected chi connectivity index (χ2v) is 5.06. The van der Waals surface area contributed by atoms with Crippen LogP contribution in [0.3, 0.4) is 0 Å². The highest BCUT2D eigenvalue weighted by Gasteiger charge is 2.28. The van der Waals surface area contributed by atoms with E-state index in [2.05, 4.69) is 0 Å². The molecular weight excluding hydrogens is 238 g/mol. The van der Waals surface area contributed by atoms with Crippen molar-refractivity contribution in [1.29, 1.82) is 0 Å². The van der Waals surface area contributed by atoms with Crippen LogP contribution < -0.4 is 4.90 Å². The molecule has 0 saturated carbocycles. The van der Waals surface area contributed by atoms with E-state index in [1.165, 1.54) is 0 Å². The summed E-state index contributed by atoms with van der Waals surface area (Å²) in [6, 6.07) is 11.9. The van der Waals surface area contributed by atoms with Crippen molar-refractivity contribution in [2.45, 2.75) is 20.0 Å². The number of amides is 1. The van der Waals surface area contributed by atoms with Gasteiger partial charge in [0.15, 0.2) is 0 Å². The van der Waals surface area contributed by atoms with Crippen LogP contribution in [0.15, 0.2) is 36.4 Å². The molecule has 0 aromatic heterocycles. The van der Waals surface area contributed by atoms with Crippen LogP contribution in [0.2, 0.25) is 0 Å². The maximum absolute atomic E-state index is 12.4. The van der Waals surface area contributed by atoms with Crippen molar-refractivity contribution in [3.63, 3.8) is 0 Å². The molecule has 2 aromatic rings. The molecule has 2 aromatic carbocycles. The van der Waals surface area contributed by atoms with E-state index in [0.29, 0.717) is 13.2 Å². The molecule has 3 nitrogen and oxygen atoms in total. The largest absolute Gasteiger partial charge is 0.377 e. The van der Waals surface area contributed by atoms with Gasteiger partial charge in [-0.15, -0.1) is 0 Å². The topological polar surface area (TPSA) is 29.5 Å². The number of ether oxygens (including phenoxy) is 1. The monoisotopic (exact) mass is 255 g/mol. The lowest BCUT2D eigenvalue weighted by Gasteiger charge is -2.18. The SMILES string of the molecule is CC(C)OCCN1C(=O)c2cccc3cccc1c23. The minimum Gasteiger partial charge on any atom is -0.377 e. The fourth-order valence-corrected chi connectivity index (χ4v) is 2.58. The highest BCUT2D eigenvalue weighted by atomic mass is 16.5. The van der Waals surface area contributed by atoms with E-state index in [9.17, 15) is 4.79 Å². The number of carbonyl (C=O) groups is 1. The fraction of sp³-hybridized carbons (Fsp3) is 0.312. The molecule has 1 amide bonds.